The second-order valence-corrected chi connectivity index (χ2v) is 4.23. The van der Waals surface area contributed by atoms with Crippen LogP contribution in [0, 0.1) is 17.0 Å². The molecule has 3 nitrogen and oxygen atoms in total. The van der Waals surface area contributed by atoms with Gasteiger partial charge in [-0.15, -0.1) is 0 Å². The third kappa shape index (κ3) is 2.38. The van der Waals surface area contributed by atoms with Crippen molar-refractivity contribution in [2.45, 2.75) is 25.7 Å². The van der Waals surface area contributed by atoms with Gasteiger partial charge >= 0.3 is 0 Å². The Morgan fingerprint density at radius 3 is 2.65 bits per heavy atom. The second kappa shape index (κ2) is 4.69. The second-order valence-electron chi connectivity index (χ2n) is 4.23. The number of hydrogen-bond donors (Lipinski definition) is 2. The van der Waals surface area contributed by atoms with Crippen molar-refractivity contribution in [3.05, 3.63) is 23.8 Å². The topological polar surface area (TPSA) is 53.1 Å². The quantitative estimate of drug-likeness (QED) is 0.740. The number of amidine groups is 1. The van der Waals surface area contributed by atoms with Gasteiger partial charge in [0.15, 0.2) is 0 Å². The van der Waals surface area contributed by atoms with E-state index in [4.69, 9.17) is 11.1 Å². The first-order chi connectivity index (χ1) is 8.09. The molecular weight excluding hydrogens is 224 g/mol. The highest BCUT2D eigenvalue weighted by molar-refractivity contribution is 5.96. The molecule has 0 aromatic heterocycles. The number of hydrogen-bond acceptors (Lipinski definition) is 2. The van der Waals surface area contributed by atoms with Crippen molar-refractivity contribution < 1.29 is 8.78 Å². The van der Waals surface area contributed by atoms with Gasteiger partial charge < -0.3 is 10.6 Å². The van der Waals surface area contributed by atoms with E-state index in [1.54, 1.807) is 4.90 Å². The van der Waals surface area contributed by atoms with E-state index in [1.807, 2.05) is 0 Å². The number of nitrogen functional groups attached to an aromatic ring is 1. The van der Waals surface area contributed by atoms with Gasteiger partial charge in [0.05, 0.1) is 11.4 Å². The van der Waals surface area contributed by atoms with Crippen LogP contribution in [0.4, 0.5) is 20.2 Å². The first-order valence-corrected chi connectivity index (χ1v) is 5.69. The number of nitrogens with zero attached hydrogens (tertiary/aromatic N) is 1. The number of nitrogens with one attached hydrogen (secondary N) is 1. The fourth-order valence-corrected chi connectivity index (χ4v) is 2.04. The van der Waals surface area contributed by atoms with Crippen molar-refractivity contribution in [1.29, 1.82) is 5.41 Å². The molecule has 0 unspecified atom stereocenters. The largest absolute Gasteiger partial charge is 0.396 e. The fraction of sp³-hybridized carbons (Fsp3) is 0.417. The summed E-state index contributed by atoms with van der Waals surface area (Å²) in [6.45, 7) is 0.584. The fourth-order valence-electron chi connectivity index (χ4n) is 2.04. The highest BCUT2D eigenvalue weighted by Gasteiger charge is 2.19. The van der Waals surface area contributed by atoms with Crippen LogP contribution in [0.15, 0.2) is 12.1 Å². The van der Waals surface area contributed by atoms with Gasteiger partial charge in [0, 0.05) is 19.0 Å². The van der Waals surface area contributed by atoms with Crippen LogP contribution in [-0.4, -0.2) is 12.4 Å². The van der Waals surface area contributed by atoms with E-state index in [2.05, 4.69) is 0 Å². The van der Waals surface area contributed by atoms with E-state index in [0.29, 0.717) is 18.8 Å². The van der Waals surface area contributed by atoms with Gasteiger partial charge in [-0.1, -0.05) is 6.42 Å². The van der Waals surface area contributed by atoms with Crippen LogP contribution in [0.1, 0.15) is 25.7 Å². The molecule has 0 radical (unpaired) electrons. The van der Waals surface area contributed by atoms with Crippen LogP contribution in [0.25, 0.3) is 0 Å². The maximum Gasteiger partial charge on any atom is 0.149 e. The molecule has 1 saturated heterocycles. The lowest BCUT2D eigenvalue weighted by Gasteiger charge is -2.24. The minimum Gasteiger partial charge on any atom is -0.396 e. The van der Waals surface area contributed by atoms with Crippen LogP contribution in [0.5, 0.6) is 0 Å². The maximum atomic E-state index is 13.7. The monoisotopic (exact) mass is 239 g/mol. The number of benzene rings is 1. The van der Waals surface area contributed by atoms with Gasteiger partial charge in [-0.25, -0.2) is 8.78 Å². The highest BCUT2D eigenvalue weighted by atomic mass is 19.1. The lowest BCUT2D eigenvalue weighted by atomic mass is 10.2. The summed E-state index contributed by atoms with van der Waals surface area (Å²) in [6, 6.07) is 2.05. The third-order valence-corrected chi connectivity index (χ3v) is 2.98. The zero-order valence-electron chi connectivity index (χ0n) is 9.47. The Hall–Kier alpha value is -1.65. The maximum absolute atomic E-state index is 13.7. The summed E-state index contributed by atoms with van der Waals surface area (Å²) in [7, 11) is 0. The van der Waals surface area contributed by atoms with Gasteiger partial charge in [-0.3, -0.25) is 5.41 Å². The molecule has 1 aromatic carbocycles. The normalized spacial score (nSPS) is 17.1. The summed E-state index contributed by atoms with van der Waals surface area (Å²) in [5.74, 6) is -1.05. The molecule has 0 aliphatic carbocycles. The zero-order valence-corrected chi connectivity index (χ0v) is 9.47. The van der Waals surface area contributed by atoms with E-state index in [1.165, 1.54) is 6.07 Å². The van der Waals surface area contributed by atoms with E-state index >= 15 is 0 Å². The van der Waals surface area contributed by atoms with Crippen molar-refractivity contribution in [3.8, 4) is 0 Å². The molecule has 1 fully saturated rings. The molecule has 1 aliphatic heterocycles. The van der Waals surface area contributed by atoms with E-state index < -0.39 is 11.6 Å². The summed E-state index contributed by atoms with van der Waals surface area (Å²) >= 11 is 0. The van der Waals surface area contributed by atoms with Crippen molar-refractivity contribution in [2.24, 2.45) is 0 Å². The summed E-state index contributed by atoms with van der Waals surface area (Å²) in [5, 5.41) is 7.87. The Kier molecular flexibility index (Phi) is 3.26. The van der Waals surface area contributed by atoms with Crippen molar-refractivity contribution in [2.75, 3.05) is 17.2 Å². The molecule has 1 heterocycles. The average molecular weight is 239 g/mol. The molecule has 0 amide bonds. The molecule has 1 aliphatic rings. The Bertz CT molecular complexity index is 446. The lowest BCUT2D eigenvalue weighted by Crippen LogP contribution is -2.30. The summed E-state index contributed by atoms with van der Waals surface area (Å²) in [4.78, 5) is 1.58. The average Bonchev–Trinajstić information content (AvgIpc) is 2.49. The lowest BCUT2D eigenvalue weighted by molar-refractivity contribution is 0.585. The Balaban J connectivity index is 2.37. The molecule has 17 heavy (non-hydrogen) atoms. The van der Waals surface area contributed by atoms with Gasteiger partial charge in [0.2, 0.25) is 0 Å². The molecule has 1 aromatic rings. The SMILES string of the molecule is N=C1CCCCCN1c1cc(N)c(F)cc1F. The van der Waals surface area contributed by atoms with Crippen LogP contribution in [-0.2, 0) is 0 Å². The summed E-state index contributed by atoms with van der Waals surface area (Å²) in [6.07, 6.45) is 3.49. The molecule has 0 bridgehead atoms. The van der Waals surface area contributed by atoms with Gasteiger partial charge in [0.25, 0.3) is 0 Å². The minimum atomic E-state index is -0.757. The minimum absolute atomic E-state index is 0.0848. The van der Waals surface area contributed by atoms with Crippen LogP contribution in [0.2, 0.25) is 0 Å². The molecule has 3 N–H and O–H groups in total. The number of halogens is 2. The first-order valence-electron chi connectivity index (χ1n) is 5.69. The summed E-state index contributed by atoms with van der Waals surface area (Å²) in [5.41, 5.74) is 5.56. The van der Waals surface area contributed by atoms with Crippen molar-refractivity contribution in [1.82, 2.24) is 0 Å². The Morgan fingerprint density at radius 2 is 1.88 bits per heavy atom. The van der Waals surface area contributed by atoms with E-state index in [9.17, 15) is 8.78 Å². The first kappa shape index (κ1) is 11.8. The van der Waals surface area contributed by atoms with Crippen molar-refractivity contribution >= 4 is 17.2 Å². The third-order valence-electron chi connectivity index (χ3n) is 2.98. The molecule has 0 spiro atoms. The Morgan fingerprint density at radius 1 is 1.12 bits per heavy atom. The standard InChI is InChI=1S/C12H15F2N3/c13-8-6-9(14)11(7-10(8)15)17-5-3-1-2-4-12(17)16/h6-7,16H,1-5,15H2. The molecule has 0 saturated carbocycles. The molecule has 5 heteroatoms. The van der Waals surface area contributed by atoms with Crippen LogP contribution >= 0.6 is 0 Å². The van der Waals surface area contributed by atoms with Crippen molar-refractivity contribution in [3.63, 3.8) is 0 Å². The Labute approximate surface area is 98.7 Å². The number of anilines is 2. The number of nitrogens with two attached hydrogens (primary N) is 1. The molecule has 92 valence electrons. The van der Waals surface area contributed by atoms with Gasteiger partial charge in [-0.2, -0.15) is 0 Å². The zero-order chi connectivity index (χ0) is 12.4. The van der Waals surface area contributed by atoms with Crippen LogP contribution in [0.3, 0.4) is 0 Å². The molecule has 2 rings (SSSR count). The molecule has 0 atom stereocenters. The van der Waals surface area contributed by atoms with Gasteiger partial charge in [0.1, 0.15) is 17.5 Å². The molecular formula is C12H15F2N3. The number of rotatable bonds is 1. The summed E-state index contributed by atoms with van der Waals surface area (Å²) < 4.78 is 26.8. The smallest absolute Gasteiger partial charge is 0.149 e. The predicted octanol–water partition coefficient (Wildman–Crippen LogP) is 2.90. The predicted molar refractivity (Wildman–Crippen MR) is 64.3 cm³/mol. The van der Waals surface area contributed by atoms with Crippen LogP contribution < -0.4 is 10.6 Å². The van der Waals surface area contributed by atoms with E-state index in [0.717, 1.165) is 25.3 Å². The van der Waals surface area contributed by atoms with Gasteiger partial charge in [-0.05, 0) is 18.9 Å². The van der Waals surface area contributed by atoms with E-state index in [-0.39, 0.29) is 11.4 Å². The highest BCUT2D eigenvalue weighted by Crippen LogP contribution is 2.27.